The quantitative estimate of drug-likeness (QED) is 0.880. The molecular weight excluding hydrogens is 274 g/mol. The minimum atomic E-state index is -0.130. The van der Waals surface area contributed by atoms with Crippen molar-refractivity contribution in [3.05, 3.63) is 53.9 Å². The Morgan fingerprint density at radius 2 is 1.86 bits per heavy atom. The molecule has 1 saturated carbocycles. The third-order valence-electron chi connectivity index (χ3n) is 4.07. The molecule has 1 aromatic carbocycles. The van der Waals surface area contributed by atoms with E-state index in [0.717, 1.165) is 37.8 Å². The average molecular weight is 295 g/mol. The molecule has 1 aromatic heterocycles. The van der Waals surface area contributed by atoms with Crippen molar-refractivity contribution in [2.24, 2.45) is 10.9 Å². The SMILES string of the molecule is OC1CCC(C=Nc2nccc(Cc3ccccc3)n2)CC1. The smallest absolute Gasteiger partial charge is 0.249 e. The van der Waals surface area contributed by atoms with Crippen LogP contribution in [0, 0.1) is 5.92 Å². The van der Waals surface area contributed by atoms with E-state index in [4.69, 9.17) is 0 Å². The fraction of sp³-hybridized carbons (Fsp3) is 0.389. The average Bonchev–Trinajstić information content (AvgIpc) is 2.56. The summed E-state index contributed by atoms with van der Waals surface area (Å²) < 4.78 is 0. The highest BCUT2D eigenvalue weighted by Gasteiger charge is 2.17. The van der Waals surface area contributed by atoms with E-state index in [1.165, 1.54) is 5.56 Å². The first-order chi connectivity index (χ1) is 10.8. The highest BCUT2D eigenvalue weighted by molar-refractivity contribution is 5.63. The van der Waals surface area contributed by atoms with Crippen LogP contribution in [0.1, 0.15) is 36.9 Å². The standard InChI is InChI=1S/C18H21N3O/c22-17-8-6-15(7-9-17)13-20-18-19-11-10-16(21-18)12-14-4-2-1-3-5-14/h1-5,10-11,13,15,17,22H,6-9,12H2. The van der Waals surface area contributed by atoms with E-state index in [0.29, 0.717) is 11.9 Å². The predicted octanol–water partition coefficient (Wildman–Crippen LogP) is 3.32. The van der Waals surface area contributed by atoms with Gasteiger partial charge >= 0.3 is 0 Å². The van der Waals surface area contributed by atoms with Crippen molar-refractivity contribution in [3.8, 4) is 0 Å². The number of aliphatic imine (C=N–C) groups is 1. The van der Waals surface area contributed by atoms with Gasteiger partial charge in [-0.3, -0.25) is 0 Å². The van der Waals surface area contributed by atoms with Crippen molar-refractivity contribution in [1.29, 1.82) is 0 Å². The van der Waals surface area contributed by atoms with Gasteiger partial charge < -0.3 is 5.11 Å². The van der Waals surface area contributed by atoms with E-state index in [1.54, 1.807) is 6.20 Å². The Bertz CT molecular complexity index is 619. The lowest BCUT2D eigenvalue weighted by Crippen LogP contribution is -2.18. The van der Waals surface area contributed by atoms with Crippen LogP contribution < -0.4 is 0 Å². The second-order valence-electron chi connectivity index (χ2n) is 5.86. The topological polar surface area (TPSA) is 58.4 Å². The maximum Gasteiger partial charge on any atom is 0.249 e. The lowest BCUT2D eigenvalue weighted by molar-refractivity contribution is 0.121. The van der Waals surface area contributed by atoms with Gasteiger partial charge in [-0.2, -0.15) is 0 Å². The highest BCUT2D eigenvalue weighted by atomic mass is 16.3. The molecule has 4 heteroatoms. The zero-order chi connectivity index (χ0) is 15.2. The summed E-state index contributed by atoms with van der Waals surface area (Å²) in [6, 6.07) is 12.2. The van der Waals surface area contributed by atoms with Crippen molar-refractivity contribution < 1.29 is 5.11 Å². The largest absolute Gasteiger partial charge is 0.393 e. The molecule has 3 rings (SSSR count). The Morgan fingerprint density at radius 1 is 1.09 bits per heavy atom. The third kappa shape index (κ3) is 4.21. The van der Waals surface area contributed by atoms with Crippen molar-refractivity contribution >= 4 is 12.2 Å². The fourth-order valence-corrected chi connectivity index (χ4v) is 2.77. The Kier molecular flexibility index (Phi) is 4.91. The summed E-state index contributed by atoms with van der Waals surface area (Å²) in [4.78, 5) is 13.2. The lowest BCUT2D eigenvalue weighted by Gasteiger charge is -2.21. The van der Waals surface area contributed by atoms with E-state index >= 15 is 0 Å². The van der Waals surface area contributed by atoms with Crippen LogP contribution in [0.2, 0.25) is 0 Å². The summed E-state index contributed by atoms with van der Waals surface area (Å²) in [6.07, 6.45) is 8.10. The minimum Gasteiger partial charge on any atom is -0.393 e. The molecule has 4 nitrogen and oxygen atoms in total. The molecule has 1 aliphatic rings. The van der Waals surface area contributed by atoms with Crippen molar-refractivity contribution in [2.75, 3.05) is 0 Å². The Balaban J connectivity index is 1.64. The summed E-state index contributed by atoms with van der Waals surface area (Å²) >= 11 is 0. The number of hydrogen-bond donors (Lipinski definition) is 1. The van der Waals surface area contributed by atoms with Crippen molar-refractivity contribution in [2.45, 2.75) is 38.2 Å². The van der Waals surface area contributed by atoms with Crippen LogP contribution in [0.4, 0.5) is 5.95 Å². The van der Waals surface area contributed by atoms with Crippen LogP contribution in [-0.2, 0) is 6.42 Å². The van der Waals surface area contributed by atoms with Gasteiger partial charge in [0.2, 0.25) is 5.95 Å². The minimum absolute atomic E-state index is 0.130. The molecule has 0 spiro atoms. The normalized spacial score (nSPS) is 22.0. The summed E-state index contributed by atoms with van der Waals surface area (Å²) in [5.41, 5.74) is 2.21. The molecule has 1 fully saturated rings. The first kappa shape index (κ1) is 14.9. The molecule has 0 radical (unpaired) electrons. The second-order valence-corrected chi connectivity index (χ2v) is 5.86. The predicted molar refractivity (Wildman–Crippen MR) is 87.4 cm³/mol. The molecule has 1 aliphatic carbocycles. The first-order valence-electron chi connectivity index (χ1n) is 7.88. The summed E-state index contributed by atoms with van der Waals surface area (Å²) in [5, 5.41) is 9.52. The van der Waals surface area contributed by atoms with Crippen molar-refractivity contribution in [3.63, 3.8) is 0 Å². The van der Waals surface area contributed by atoms with Gasteiger partial charge in [0.05, 0.1) is 11.8 Å². The van der Waals surface area contributed by atoms with Crippen LogP contribution in [0.15, 0.2) is 47.6 Å². The number of aliphatic hydroxyl groups excluding tert-OH is 1. The molecule has 1 N–H and O–H groups in total. The van der Waals surface area contributed by atoms with Crippen LogP contribution in [-0.4, -0.2) is 27.4 Å². The number of nitrogens with zero attached hydrogens (tertiary/aromatic N) is 3. The number of hydrogen-bond acceptors (Lipinski definition) is 4. The Morgan fingerprint density at radius 3 is 2.64 bits per heavy atom. The molecule has 0 bridgehead atoms. The zero-order valence-electron chi connectivity index (χ0n) is 12.6. The van der Waals surface area contributed by atoms with E-state index in [9.17, 15) is 5.11 Å². The molecule has 0 unspecified atom stereocenters. The first-order valence-corrected chi connectivity index (χ1v) is 7.88. The molecular formula is C18H21N3O. The second kappa shape index (κ2) is 7.27. The molecule has 0 amide bonds. The van der Waals surface area contributed by atoms with Crippen LogP contribution >= 0.6 is 0 Å². The van der Waals surface area contributed by atoms with Gasteiger partial charge in [-0.25, -0.2) is 15.0 Å². The zero-order valence-corrected chi connectivity index (χ0v) is 12.6. The third-order valence-corrected chi connectivity index (χ3v) is 4.07. The van der Waals surface area contributed by atoms with Crippen molar-refractivity contribution in [1.82, 2.24) is 9.97 Å². The number of rotatable bonds is 4. The molecule has 0 aliphatic heterocycles. The van der Waals surface area contributed by atoms with Crippen LogP contribution in [0.3, 0.4) is 0 Å². The number of aromatic nitrogens is 2. The fourth-order valence-electron chi connectivity index (χ4n) is 2.77. The van der Waals surface area contributed by atoms with E-state index in [2.05, 4.69) is 27.1 Å². The molecule has 0 saturated heterocycles. The van der Waals surface area contributed by atoms with Gasteiger partial charge in [0, 0.05) is 18.8 Å². The van der Waals surface area contributed by atoms with Crippen LogP contribution in [0.5, 0.6) is 0 Å². The van der Waals surface area contributed by atoms with Crippen LogP contribution in [0.25, 0.3) is 0 Å². The van der Waals surface area contributed by atoms with E-state index < -0.39 is 0 Å². The summed E-state index contributed by atoms with van der Waals surface area (Å²) in [5.74, 6) is 0.962. The van der Waals surface area contributed by atoms with Gasteiger partial charge in [-0.15, -0.1) is 0 Å². The summed E-state index contributed by atoms with van der Waals surface area (Å²) in [7, 11) is 0. The molecule has 2 aromatic rings. The molecule has 114 valence electrons. The van der Waals surface area contributed by atoms with Gasteiger partial charge in [0.15, 0.2) is 0 Å². The maximum absolute atomic E-state index is 9.52. The maximum atomic E-state index is 9.52. The van der Waals surface area contributed by atoms with E-state index in [-0.39, 0.29) is 6.10 Å². The van der Waals surface area contributed by atoms with E-state index in [1.807, 2.05) is 30.5 Å². The number of benzene rings is 1. The molecule has 0 atom stereocenters. The van der Waals surface area contributed by atoms with Gasteiger partial charge in [-0.1, -0.05) is 30.3 Å². The van der Waals surface area contributed by atoms with Gasteiger partial charge in [0.25, 0.3) is 0 Å². The monoisotopic (exact) mass is 295 g/mol. The Hall–Kier alpha value is -2.07. The molecule has 1 heterocycles. The Labute approximate surface area is 131 Å². The van der Waals surface area contributed by atoms with Gasteiger partial charge in [-0.05, 0) is 43.2 Å². The number of aliphatic hydroxyl groups is 1. The molecule has 22 heavy (non-hydrogen) atoms. The lowest BCUT2D eigenvalue weighted by atomic mass is 9.88. The summed E-state index contributed by atoms with van der Waals surface area (Å²) in [6.45, 7) is 0. The highest BCUT2D eigenvalue weighted by Crippen LogP contribution is 2.23. The van der Waals surface area contributed by atoms with Gasteiger partial charge in [0.1, 0.15) is 0 Å².